The summed E-state index contributed by atoms with van der Waals surface area (Å²) in [6.07, 6.45) is 36.0. The van der Waals surface area contributed by atoms with Crippen LogP contribution in [-0.2, 0) is 4.74 Å². The van der Waals surface area contributed by atoms with Gasteiger partial charge in [0, 0.05) is 0 Å². The number of carboxylic acids is 1. The Morgan fingerprint density at radius 3 is 1.04 bits per heavy atom. The van der Waals surface area contributed by atoms with Gasteiger partial charge in [-0.1, -0.05) is 192 Å². The topological polar surface area (TPSA) is 104 Å². The third kappa shape index (κ3) is 24.2. The van der Waals surface area contributed by atoms with Gasteiger partial charge in [0.25, 0.3) is 0 Å². The van der Waals surface area contributed by atoms with Crippen LogP contribution < -0.4 is 0 Å². The van der Waals surface area contributed by atoms with E-state index in [1.807, 2.05) is 0 Å². The first-order chi connectivity index (χ1) is 23.5. The number of carbonyl (C=O) groups excluding carboxylic acids is 1. The van der Waals surface area contributed by atoms with Gasteiger partial charge in [-0.15, -0.1) is 0 Å². The first-order valence-electron chi connectivity index (χ1n) is 19.4. The fraction of sp³-hybridized carbons (Fsp3) is 0.667. The molecular weight excluding hydrogens is 600 g/mol. The lowest BCUT2D eigenvalue weighted by atomic mass is 10.0. The summed E-state index contributed by atoms with van der Waals surface area (Å²) in [5, 5.41) is 27.0. The molecule has 6 nitrogen and oxygen atoms in total. The molecule has 3 N–H and O–H groups in total. The fourth-order valence-electron chi connectivity index (χ4n) is 5.96. The van der Waals surface area contributed by atoms with Crippen LogP contribution in [0.15, 0.2) is 48.5 Å². The van der Waals surface area contributed by atoms with Gasteiger partial charge in [0.1, 0.15) is 22.6 Å². The molecule has 0 spiro atoms. The van der Waals surface area contributed by atoms with Crippen molar-refractivity contribution in [1.29, 1.82) is 0 Å². The molecule has 0 bridgehead atoms. The number of para-hydroxylation sites is 2. The monoisotopic (exact) mass is 669 g/mol. The summed E-state index contributed by atoms with van der Waals surface area (Å²) in [6, 6.07) is 12.4. The Balaban J connectivity index is 0.000000975. The Labute approximate surface area is 292 Å². The number of aromatic carboxylic acids is 1. The van der Waals surface area contributed by atoms with E-state index in [1.54, 1.807) is 30.3 Å². The molecular formula is C42H68O6. The predicted octanol–water partition coefficient (Wildman–Crippen LogP) is 12.8. The van der Waals surface area contributed by atoms with E-state index in [0.717, 1.165) is 12.8 Å². The summed E-state index contributed by atoms with van der Waals surface area (Å²) >= 11 is 0. The number of rotatable bonds is 29. The number of unbranched alkanes of at least 4 members (excludes halogenated alkanes) is 25. The van der Waals surface area contributed by atoms with E-state index >= 15 is 0 Å². The predicted molar refractivity (Wildman–Crippen MR) is 199 cm³/mol. The van der Waals surface area contributed by atoms with E-state index < -0.39 is 11.9 Å². The van der Waals surface area contributed by atoms with E-state index in [1.165, 1.54) is 172 Å². The van der Waals surface area contributed by atoms with Crippen molar-refractivity contribution in [3.8, 4) is 11.5 Å². The molecule has 0 saturated carbocycles. The van der Waals surface area contributed by atoms with Crippen LogP contribution in [-0.4, -0.2) is 33.9 Å². The Hall–Kier alpha value is -3.02. The van der Waals surface area contributed by atoms with Gasteiger partial charge in [-0.05, 0) is 30.7 Å². The molecule has 0 saturated heterocycles. The van der Waals surface area contributed by atoms with Crippen LogP contribution in [0.25, 0.3) is 0 Å². The summed E-state index contributed by atoms with van der Waals surface area (Å²) in [4.78, 5) is 22.2. The van der Waals surface area contributed by atoms with Crippen LogP contribution >= 0.6 is 0 Å². The van der Waals surface area contributed by atoms with Crippen molar-refractivity contribution < 1.29 is 29.6 Å². The molecule has 6 heteroatoms. The van der Waals surface area contributed by atoms with Crippen LogP contribution in [0.2, 0.25) is 0 Å². The number of phenols is 2. The molecule has 0 fully saturated rings. The number of aromatic hydroxyl groups is 2. The van der Waals surface area contributed by atoms with Gasteiger partial charge in [-0.25, -0.2) is 9.59 Å². The summed E-state index contributed by atoms with van der Waals surface area (Å²) in [6.45, 7) is 2.73. The van der Waals surface area contributed by atoms with Crippen molar-refractivity contribution in [2.75, 3.05) is 6.61 Å². The van der Waals surface area contributed by atoms with Crippen LogP contribution in [0, 0.1) is 0 Å². The van der Waals surface area contributed by atoms with Gasteiger partial charge >= 0.3 is 11.9 Å². The molecule has 2 aromatic rings. The van der Waals surface area contributed by atoms with Gasteiger partial charge < -0.3 is 20.1 Å². The van der Waals surface area contributed by atoms with Crippen molar-refractivity contribution in [3.63, 3.8) is 0 Å². The Kier molecular flexibility index (Phi) is 28.0. The Morgan fingerprint density at radius 2 is 0.750 bits per heavy atom. The lowest BCUT2D eigenvalue weighted by Gasteiger charge is -2.06. The van der Waals surface area contributed by atoms with Gasteiger partial charge in [0.05, 0.1) is 6.61 Å². The minimum Gasteiger partial charge on any atom is -0.507 e. The highest BCUT2D eigenvalue weighted by Gasteiger charge is 2.11. The zero-order chi connectivity index (χ0) is 34.9. The average Bonchev–Trinajstić information content (AvgIpc) is 3.08. The molecule has 0 radical (unpaired) electrons. The molecule has 0 aromatic heterocycles. The quantitative estimate of drug-likeness (QED) is 0.0588. The third-order valence-corrected chi connectivity index (χ3v) is 8.99. The molecule has 2 aromatic carbocycles. The molecule has 0 amide bonds. The van der Waals surface area contributed by atoms with Gasteiger partial charge in [0.2, 0.25) is 0 Å². The molecule has 0 aliphatic heterocycles. The highest BCUT2D eigenvalue weighted by Crippen LogP contribution is 2.18. The van der Waals surface area contributed by atoms with Crippen LogP contribution in [0.1, 0.15) is 195 Å². The summed E-state index contributed by atoms with van der Waals surface area (Å²) in [5.41, 5.74) is 0.185. The second kappa shape index (κ2) is 31.3. The lowest BCUT2D eigenvalue weighted by Crippen LogP contribution is -2.06. The van der Waals surface area contributed by atoms with Gasteiger partial charge in [-0.3, -0.25) is 0 Å². The maximum absolute atomic E-state index is 11.9. The van der Waals surface area contributed by atoms with Crippen LogP contribution in [0.5, 0.6) is 11.5 Å². The summed E-state index contributed by atoms with van der Waals surface area (Å²) in [5.74, 6) is -1.75. The SMILES string of the molecule is CCCCCCCCCCCCCCCCCCCCCCCCCCCCOC(=O)c1ccccc1O.O=C(O)c1ccccc1O. The Morgan fingerprint density at radius 1 is 0.458 bits per heavy atom. The highest BCUT2D eigenvalue weighted by atomic mass is 16.5. The minimum atomic E-state index is -1.11. The number of esters is 1. The molecule has 2 rings (SSSR count). The van der Waals surface area contributed by atoms with E-state index in [2.05, 4.69) is 6.92 Å². The smallest absolute Gasteiger partial charge is 0.341 e. The van der Waals surface area contributed by atoms with E-state index in [-0.39, 0.29) is 22.6 Å². The maximum Gasteiger partial charge on any atom is 0.341 e. The molecule has 272 valence electrons. The second-order valence-corrected chi connectivity index (χ2v) is 13.3. The first-order valence-corrected chi connectivity index (χ1v) is 19.4. The summed E-state index contributed by atoms with van der Waals surface area (Å²) < 4.78 is 5.26. The van der Waals surface area contributed by atoms with Gasteiger partial charge in [-0.2, -0.15) is 0 Å². The maximum atomic E-state index is 11.9. The second-order valence-electron chi connectivity index (χ2n) is 13.3. The van der Waals surface area contributed by atoms with Crippen molar-refractivity contribution in [3.05, 3.63) is 59.7 Å². The standard InChI is InChI=1S/C35H62O3.C7H6O3/c1-2-3-4-5-6-7-8-9-10-11-12-13-14-15-16-17-18-19-20-21-22-23-24-25-26-29-32-38-35(37)33-30-27-28-31-34(33)36;8-6-4-2-1-3-5(6)7(9)10/h27-28,30-31,36H,2-26,29,32H2,1H3;1-4,8H,(H,9,10). The van der Waals surface area contributed by atoms with Crippen molar-refractivity contribution in [1.82, 2.24) is 0 Å². The number of carbonyl (C=O) groups is 2. The molecule has 48 heavy (non-hydrogen) atoms. The zero-order valence-electron chi connectivity index (χ0n) is 30.3. The van der Waals surface area contributed by atoms with Gasteiger partial charge in [0.15, 0.2) is 0 Å². The normalized spacial score (nSPS) is 10.8. The third-order valence-electron chi connectivity index (χ3n) is 8.99. The average molecular weight is 669 g/mol. The number of carboxylic acid groups (broad SMARTS) is 1. The number of hydrogen-bond acceptors (Lipinski definition) is 5. The summed E-state index contributed by atoms with van der Waals surface area (Å²) in [7, 11) is 0. The number of hydrogen-bond donors (Lipinski definition) is 3. The van der Waals surface area contributed by atoms with E-state index in [9.17, 15) is 14.7 Å². The number of ether oxygens (including phenoxy) is 1. The lowest BCUT2D eigenvalue weighted by molar-refractivity contribution is 0.0494. The van der Waals surface area contributed by atoms with Crippen LogP contribution in [0.4, 0.5) is 0 Å². The van der Waals surface area contributed by atoms with Crippen molar-refractivity contribution >= 4 is 11.9 Å². The number of phenolic OH excluding ortho intramolecular Hbond substituents is 1. The molecule has 0 heterocycles. The largest absolute Gasteiger partial charge is 0.507 e. The molecule has 0 aliphatic carbocycles. The van der Waals surface area contributed by atoms with E-state index in [4.69, 9.17) is 14.9 Å². The minimum absolute atomic E-state index is 0.0116. The van der Waals surface area contributed by atoms with Crippen molar-refractivity contribution in [2.45, 2.75) is 174 Å². The van der Waals surface area contributed by atoms with E-state index in [0.29, 0.717) is 6.61 Å². The number of benzene rings is 2. The first kappa shape index (κ1) is 43.0. The molecule has 0 atom stereocenters. The highest BCUT2D eigenvalue weighted by molar-refractivity contribution is 5.92. The fourth-order valence-corrected chi connectivity index (χ4v) is 5.96. The molecule has 0 unspecified atom stereocenters. The Bertz CT molecular complexity index is 1050. The van der Waals surface area contributed by atoms with Crippen LogP contribution in [0.3, 0.4) is 0 Å². The van der Waals surface area contributed by atoms with Crippen molar-refractivity contribution in [2.24, 2.45) is 0 Å². The zero-order valence-corrected chi connectivity index (χ0v) is 30.3. The molecule has 0 aliphatic rings.